The van der Waals surface area contributed by atoms with Crippen LogP contribution in [0.2, 0.25) is 0 Å². The highest BCUT2D eigenvalue weighted by atomic mass is 19.1. The van der Waals surface area contributed by atoms with Gasteiger partial charge in [-0.3, -0.25) is 9.48 Å². The number of nitrogens with one attached hydrogen (secondary N) is 1. The van der Waals surface area contributed by atoms with Crippen LogP contribution in [0.5, 0.6) is 0 Å². The van der Waals surface area contributed by atoms with Crippen molar-refractivity contribution in [2.45, 2.75) is 6.61 Å². The molecule has 0 atom stereocenters. The van der Waals surface area contributed by atoms with Gasteiger partial charge in [0.2, 0.25) is 0 Å². The highest BCUT2D eigenvalue weighted by Crippen LogP contribution is 2.28. The summed E-state index contributed by atoms with van der Waals surface area (Å²) in [5.41, 5.74) is 2.82. The number of aryl methyl sites for hydroxylation is 1. The third kappa shape index (κ3) is 3.35. The average Bonchev–Trinajstić information content (AvgIpc) is 3.08. The summed E-state index contributed by atoms with van der Waals surface area (Å²) >= 11 is 0. The van der Waals surface area contributed by atoms with Gasteiger partial charge in [0.15, 0.2) is 0 Å². The monoisotopic (exact) mass is 376 g/mol. The first-order chi connectivity index (χ1) is 13.5. The Morgan fingerprint density at radius 3 is 2.64 bits per heavy atom. The molecule has 1 amide bonds. The van der Waals surface area contributed by atoms with Crippen LogP contribution in [0.1, 0.15) is 16.1 Å². The number of halogens is 1. The summed E-state index contributed by atoms with van der Waals surface area (Å²) < 4.78 is 14.7. The number of rotatable bonds is 4. The zero-order valence-corrected chi connectivity index (χ0v) is 15.1. The lowest BCUT2D eigenvalue weighted by molar-refractivity contribution is 0.102. The predicted molar refractivity (Wildman–Crippen MR) is 104 cm³/mol. The number of hydrogen-bond donors (Lipinski definition) is 2. The second kappa shape index (κ2) is 7.21. The van der Waals surface area contributed by atoms with Crippen molar-refractivity contribution in [2.24, 2.45) is 7.05 Å². The Hall–Kier alpha value is -3.58. The summed E-state index contributed by atoms with van der Waals surface area (Å²) in [6, 6.07) is 12.9. The quantitative estimate of drug-likeness (QED) is 0.571. The molecule has 6 nitrogen and oxygen atoms in total. The van der Waals surface area contributed by atoms with Crippen molar-refractivity contribution in [3.63, 3.8) is 0 Å². The van der Waals surface area contributed by atoms with Crippen LogP contribution in [0, 0.1) is 5.82 Å². The van der Waals surface area contributed by atoms with Gasteiger partial charge in [0.05, 0.1) is 18.5 Å². The molecule has 0 aliphatic rings. The smallest absolute Gasteiger partial charge is 0.256 e. The maximum atomic E-state index is 13.0. The molecule has 4 rings (SSSR count). The van der Waals surface area contributed by atoms with Gasteiger partial charge in [0.25, 0.3) is 5.91 Å². The van der Waals surface area contributed by atoms with Crippen molar-refractivity contribution in [1.29, 1.82) is 0 Å². The third-order valence-corrected chi connectivity index (χ3v) is 4.59. The number of carbonyl (C=O) groups is 1. The molecule has 0 saturated heterocycles. The number of benzene rings is 2. The van der Waals surface area contributed by atoms with Gasteiger partial charge in [-0.1, -0.05) is 12.1 Å². The Balaban J connectivity index is 1.66. The number of nitrogens with zero attached hydrogens (tertiary/aromatic N) is 3. The maximum Gasteiger partial charge on any atom is 0.256 e. The fourth-order valence-corrected chi connectivity index (χ4v) is 3.06. The zero-order valence-electron chi connectivity index (χ0n) is 15.1. The van der Waals surface area contributed by atoms with Crippen LogP contribution in [0.25, 0.3) is 21.9 Å². The molecular formula is C21H17FN4O2. The Labute approximate surface area is 160 Å². The van der Waals surface area contributed by atoms with Gasteiger partial charge in [-0.15, -0.1) is 0 Å². The fraction of sp³-hybridized carbons (Fsp3) is 0.0952. The zero-order chi connectivity index (χ0) is 19.7. The molecule has 0 bridgehead atoms. The lowest BCUT2D eigenvalue weighted by Gasteiger charge is -2.08. The largest absolute Gasteiger partial charge is 0.390 e. The van der Waals surface area contributed by atoms with E-state index in [1.165, 1.54) is 24.3 Å². The normalized spacial score (nSPS) is 11.0. The highest BCUT2D eigenvalue weighted by molar-refractivity contribution is 6.04. The molecule has 28 heavy (non-hydrogen) atoms. The van der Waals surface area contributed by atoms with E-state index in [4.69, 9.17) is 0 Å². The Morgan fingerprint density at radius 1 is 1.11 bits per heavy atom. The van der Waals surface area contributed by atoms with Gasteiger partial charge in [-0.05, 0) is 47.3 Å². The van der Waals surface area contributed by atoms with Crippen LogP contribution in [0.4, 0.5) is 10.2 Å². The van der Waals surface area contributed by atoms with E-state index in [1.54, 1.807) is 30.2 Å². The van der Waals surface area contributed by atoms with Crippen molar-refractivity contribution < 1.29 is 14.3 Å². The molecule has 2 heterocycles. The minimum atomic E-state index is -0.398. The standard InChI is InChI=1S/C21H17FN4O2/c1-26-19(12-27)18(11-24-26)14-2-3-15-10-23-20(9-16(15)8-14)25-21(28)13-4-6-17(22)7-5-13/h2-11,27H,12H2,1H3,(H,23,25,28). The molecule has 0 unspecified atom stereocenters. The molecule has 0 radical (unpaired) electrons. The lowest BCUT2D eigenvalue weighted by Crippen LogP contribution is -2.12. The van der Waals surface area contributed by atoms with Crippen LogP contribution in [0.3, 0.4) is 0 Å². The summed E-state index contributed by atoms with van der Waals surface area (Å²) in [4.78, 5) is 16.6. The van der Waals surface area contributed by atoms with Gasteiger partial charge in [0.1, 0.15) is 11.6 Å². The summed E-state index contributed by atoms with van der Waals surface area (Å²) in [6.45, 7) is -0.112. The van der Waals surface area contributed by atoms with Crippen LogP contribution in [0.15, 0.2) is 60.9 Å². The van der Waals surface area contributed by atoms with Crippen LogP contribution >= 0.6 is 0 Å². The Kier molecular flexibility index (Phi) is 4.58. The molecule has 140 valence electrons. The van der Waals surface area contributed by atoms with Crippen molar-refractivity contribution in [2.75, 3.05) is 5.32 Å². The molecule has 4 aromatic rings. The highest BCUT2D eigenvalue weighted by Gasteiger charge is 2.11. The summed E-state index contributed by atoms with van der Waals surface area (Å²) in [5.74, 6) is -0.365. The van der Waals surface area contributed by atoms with Crippen LogP contribution in [-0.4, -0.2) is 25.8 Å². The predicted octanol–water partition coefficient (Wildman–Crippen LogP) is 3.52. The molecule has 7 heteroatoms. The van der Waals surface area contributed by atoms with Gasteiger partial charge in [-0.25, -0.2) is 9.37 Å². The second-order valence-corrected chi connectivity index (χ2v) is 6.38. The summed E-state index contributed by atoms with van der Waals surface area (Å²) in [5, 5.41) is 18.3. The van der Waals surface area contributed by atoms with E-state index in [0.29, 0.717) is 11.4 Å². The van der Waals surface area contributed by atoms with E-state index in [2.05, 4.69) is 15.4 Å². The average molecular weight is 376 g/mol. The molecule has 2 N–H and O–H groups in total. The number of amides is 1. The molecular weight excluding hydrogens is 359 g/mol. The van der Waals surface area contributed by atoms with Gasteiger partial charge >= 0.3 is 0 Å². The van der Waals surface area contributed by atoms with E-state index in [0.717, 1.165) is 27.6 Å². The first-order valence-electron chi connectivity index (χ1n) is 8.64. The molecule has 2 aromatic carbocycles. The molecule has 0 spiro atoms. The minimum Gasteiger partial charge on any atom is -0.390 e. The Morgan fingerprint density at radius 2 is 1.89 bits per heavy atom. The number of carbonyl (C=O) groups excluding carboxylic acids is 1. The fourth-order valence-electron chi connectivity index (χ4n) is 3.06. The van der Waals surface area contributed by atoms with Gasteiger partial charge in [-0.2, -0.15) is 5.10 Å². The Bertz CT molecular complexity index is 1170. The van der Waals surface area contributed by atoms with Crippen molar-refractivity contribution in [3.8, 4) is 11.1 Å². The third-order valence-electron chi connectivity index (χ3n) is 4.59. The minimum absolute atomic E-state index is 0.112. The molecule has 0 aliphatic carbocycles. The number of aliphatic hydroxyl groups is 1. The first kappa shape index (κ1) is 17.8. The SMILES string of the molecule is Cn1ncc(-c2ccc3cnc(NC(=O)c4ccc(F)cc4)cc3c2)c1CO. The number of pyridine rings is 1. The van der Waals surface area contributed by atoms with Crippen LogP contribution < -0.4 is 5.32 Å². The summed E-state index contributed by atoms with van der Waals surface area (Å²) in [7, 11) is 1.78. The number of anilines is 1. The van der Waals surface area contributed by atoms with Crippen molar-refractivity contribution >= 4 is 22.5 Å². The number of hydrogen-bond acceptors (Lipinski definition) is 4. The van der Waals surface area contributed by atoms with Gasteiger partial charge < -0.3 is 10.4 Å². The molecule has 0 saturated carbocycles. The number of fused-ring (bicyclic) bond motifs is 1. The number of aliphatic hydroxyl groups excluding tert-OH is 1. The van der Waals surface area contributed by atoms with Crippen molar-refractivity contribution in [1.82, 2.24) is 14.8 Å². The van der Waals surface area contributed by atoms with Crippen molar-refractivity contribution in [3.05, 3.63) is 78.0 Å². The van der Waals surface area contributed by atoms with E-state index in [9.17, 15) is 14.3 Å². The molecule has 2 aromatic heterocycles. The van der Waals surface area contributed by atoms with E-state index < -0.39 is 5.82 Å². The maximum absolute atomic E-state index is 13.0. The number of aromatic nitrogens is 3. The van der Waals surface area contributed by atoms with E-state index in [1.807, 2.05) is 18.2 Å². The lowest BCUT2D eigenvalue weighted by atomic mass is 10.0. The van der Waals surface area contributed by atoms with E-state index >= 15 is 0 Å². The topological polar surface area (TPSA) is 80.0 Å². The summed E-state index contributed by atoms with van der Waals surface area (Å²) in [6.07, 6.45) is 3.39. The first-order valence-corrected chi connectivity index (χ1v) is 8.64. The van der Waals surface area contributed by atoms with Gasteiger partial charge in [0, 0.05) is 29.8 Å². The second-order valence-electron chi connectivity index (χ2n) is 6.38. The molecule has 0 aliphatic heterocycles. The van der Waals surface area contributed by atoms with Crippen LogP contribution in [-0.2, 0) is 13.7 Å². The molecule has 0 fully saturated rings. The van der Waals surface area contributed by atoms with E-state index in [-0.39, 0.29) is 12.5 Å².